The van der Waals surface area contributed by atoms with Gasteiger partial charge in [0.05, 0.1) is 11.5 Å². The van der Waals surface area contributed by atoms with E-state index in [1.165, 1.54) is 0 Å². The normalized spacial score (nSPS) is 18.1. The van der Waals surface area contributed by atoms with Crippen molar-refractivity contribution in [1.29, 1.82) is 0 Å². The molecule has 4 nitrogen and oxygen atoms in total. The van der Waals surface area contributed by atoms with Crippen molar-refractivity contribution >= 4 is 11.4 Å². The third-order valence-electron chi connectivity index (χ3n) is 3.79. The summed E-state index contributed by atoms with van der Waals surface area (Å²) in [5, 5.41) is 6.21. The number of hydrogen-bond donors (Lipinski definition) is 2. The first-order valence-electron chi connectivity index (χ1n) is 7.59. The van der Waals surface area contributed by atoms with E-state index in [2.05, 4.69) is 34.1 Å². The van der Waals surface area contributed by atoms with Gasteiger partial charge in [-0.1, -0.05) is 20.4 Å². The van der Waals surface area contributed by atoms with Crippen molar-refractivity contribution in [2.75, 3.05) is 43.4 Å². The topological polar surface area (TPSA) is 30.5 Å². The molecule has 0 spiro atoms. The van der Waals surface area contributed by atoms with E-state index in [4.69, 9.17) is 0 Å². The molecule has 0 amide bonds. The summed E-state index contributed by atoms with van der Waals surface area (Å²) >= 11 is 0. The molecule has 2 heterocycles. The molecule has 1 aromatic rings. The van der Waals surface area contributed by atoms with Gasteiger partial charge in [-0.05, 0) is 24.7 Å². The Morgan fingerprint density at radius 3 is 2.48 bits per heavy atom. The van der Waals surface area contributed by atoms with Crippen LogP contribution in [0.3, 0.4) is 0 Å². The predicted molar refractivity (Wildman–Crippen MR) is 87.1 cm³/mol. The summed E-state index contributed by atoms with van der Waals surface area (Å²) in [5.41, 5.74) is 2.62. The van der Waals surface area contributed by atoms with E-state index in [0.29, 0.717) is 12.2 Å². The molecular formula is C16H25FN4. The monoisotopic (exact) mass is 292 g/mol. The Kier molecular flexibility index (Phi) is 5.07. The second kappa shape index (κ2) is 6.80. The second-order valence-corrected chi connectivity index (χ2v) is 5.21. The predicted octanol–water partition coefficient (Wildman–Crippen LogP) is 2.59. The lowest BCUT2D eigenvalue weighted by atomic mass is 10.1. The first-order chi connectivity index (χ1) is 10.1. The SMILES string of the molecule is C=C1NCc2cc(N3CCN(C)CC3)c(F)cc2N1.CC. The van der Waals surface area contributed by atoms with E-state index in [0.717, 1.165) is 43.3 Å². The van der Waals surface area contributed by atoms with Gasteiger partial charge in [0.25, 0.3) is 0 Å². The van der Waals surface area contributed by atoms with Crippen LogP contribution in [-0.4, -0.2) is 38.1 Å². The highest BCUT2D eigenvalue weighted by molar-refractivity contribution is 5.64. The molecule has 1 saturated heterocycles. The van der Waals surface area contributed by atoms with Crippen LogP contribution in [0.4, 0.5) is 15.8 Å². The summed E-state index contributed by atoms with van der Waals surface area (Å²) in [6.07, 6.45) is 0. The summed E-state index contributed by atoms with van der Waals surface area (Å²) in [7, 11) is 2.10. The van der Waals surface area contributed by atoms with E-state index >= 15 is 0 Å². The highest BCUT2D eigenvalue weighted by atomic mass is 19.1. The lowest BCUT2D eigenvalue weighted by Gasteiger charge is -2.35. The molecule has 0 bridgehead atoms. The number of hydrogen-bond acceptors (Lipinski definition) is 4. The minimum atomic E-state index is -0.162. The van der Waals surface area contributed by atoms with Crippen molar-refractivity contribution in [3.8, 4) is 0 Å². The number of benzene rings is 1. The van der Waals surface area contributed by atoms with Gasteiger partial charge in [-0.2, -0.15) is 0 Å². The highest BCUT2D eigenvalue weighted by Gasteiger charge is 2.20. The Morgan fingerprint density at radius 2 is 1.81 bits per heavy atom. The van der Waals surface area contributed by atoms with Gasteiger partial charge in [0.15, 0.2) is 0 Å². The van der Waals surface area contributed by atoms with Gasteiger partial charge in [0.1, 0.15) is 5.82 Å². The fraction of sp³-hybridized carbons (Fsp3) is 0.500. The fourth-order valence-electron chi connectivity index (χ4n) is 2.57. The van der Waals surface area contributed by atoms with E-state index in [1.54, 1.807) is 6.07 Å². The van der Waals surface area contributed by atoms with Crippen LogP contribution in [0.15, 0.2) is 24.5 Å². The molecule has 0 radical (unpaired) electrons. The molecule has 3 rings (SSSR count). The summed E-state index contributed by atoms with van der Waals surface area (Å²) in [5.74, 6) is 0.560. The van der Waals surface area contributed by atoms with Crippen molar-refractivity contribution in [2.24, 2.45) is 0 Å². The number of fused-ring (bicyclic) bond motifs is 1. The van der Waals surface area contributed by atoms with Crippen molar-refractivity contribution in [2.45, 2.75) is 20.4 Å². The number of nitrogens with zero attached hydrogens (tertiary/aromatic N) is 2. The molecular weight excluding hydrogens is 267 g/mol. The average Bonchev–Trinajstić information content (AvgIpc) is 2.49. The van der Waals surface area contributed by atoms with Gasteiger partial charge >= 0.3 is 0 Å². The standard InChI is InChI=1S/C14H19FN4.C2H6/c1-10-16-9-11-7-14(12(15)8-13(11)17-10)19-5-3-18(2)4-6-19;1-2/h7-8,16-17H,1,3-6,9H2,2H3;1-2H3. The van der Waals surface area contributed by atoms with E-state index in [1.807, 2.05) is 19.9 Å². The number of likely N-dealkylation sites (N-methyl/N-ethyl adjacent to an activating group) is 1. The average molecular weight is 292 g/mol. The van der Waals surface area contributed by atoms with Crippen LogP contribution in [-0.2, 0) is 6.54 Å². The number of anilines is 2. The Bertz CT molecular complexity index is 507. The zero-order valence-corrected chi connectivity index (χ0v) is 13.2. The van der Waals surface area contributed by atoms with Gasteiger partial charge in [-0.3, -0.25) is 0 Å². The minimum Gasteiger partial charge on any atom is -0.368 e. The Hall–Kier alpha value is -1.75. The molecule has 116 valence electrons. The summed E-state index contributed by atoms with van der Waals surface area (Å²) in [6, 6.07) is 3.53. The number of halogens is 1. The van der Waals surface area contributed by atoms with Crippen molar-refractivity contribution in [1.82, 2.24) is 10.2 Å². The van der Waals surface area contributed by atoms with Gasteiger partial charge in [0, 0.05) is 38.4 Å². The molecule has 2 aliphatic heterocycles. The van der Waals surface area contributed by atoms with E-state index < -0.39 is 0 Å². The van der Waals surface area contributed by atoms with Crippen LogP contribution in [0.1, 0.15) is 19.4 Å². The lowest BCUT2D eigenvalue weighted by Crippen LogP contribution is -2.45. The maximum absolute atomic E-state index is 14.2. The maximum atomic E-state index is 14.2. The molecule has 21 heavy (non-hydrogen) atoms. The number of piperazine rings is 1. The summed E-state index contributed by atoms with van der Waals surface area (Å²) in [4.78, 5) is 4.39. The molecule has 2 N–H and O–H groups in total. The minimum absolute atomic E-state index is 0.162. The molecule has 1 aromatic carbocycles. The second-order valence-electron chi connectivity index (χ2n) is 5.21. The first-order valence-corrected chi connectivity index (χ1v) is 7.59. The van der Waals surface area contributed by atoms with Crippen LogP contribution in [0, 0.1) is 5.82 Å². The number of nitrogens with one attached hydrogen (secondary N) is 2. The van der Waals surface area contributed by atoms with Crippen LogP contribution in [0.2, 0.25) is 0 Å². The zero-order chi connectivity index (χ0) is 15.4. The van der Waals surface area contributed by atoms with Crippen molar-refractivity contribution < 1.29 is 4.39 Å². The highest BCUT2D eigenvalue weighted by Crippen LogP contribution is 2.30. The largest absolute Gasteiger partial charge is 0.368 e. The molecule has 1 fully saturated rings. The summed E-state index contributed by atoms with van der Waals surface area (Å²) < 4.78 is 14.2. The molecule has 0 atom stereocenters. The Labute approximate surface area is 126 Å². The molecule has 0 aromatic heterocycles. The van der Waals surface area contributed by atoms with Gasteiger partial charge in [-0.25, -0.2) is 4.39 Å². The molecule has 5 heteroatoms. The van der Waals surface area contributed by atoms with Gasteiger partial charge in [0.2, 0.25) is 0 Å². The third kappa shape index (κ3) is 3.47. The first kappa shape index (κ1) is 15.6. The van der Waals surface area contributed by atoms with Crippen molar-refractivity contribution in [3.05, 3.63) is 35.9 Å². The number of rotatable bonds is 1. The van der Waals surface area contributed by atoms with Gasteiger partial charge < -0.3 is 20.4 Å². The molecule has 0 aliphatic carbocycles. The Balaban J connectivity index is 0.000000774. The van der Waals surface area contributed by atoms with Crippen LogP contribution < -0.4 is 15.5 Å². The third-order valence-corrected chi connectivity index (χ3v) is 3.79. The van der Waals surface area contributed by atoms with Crippen LogP contribution in [0.25, 0.3) is 0 Å². The van der Waals surface area contributed by atoms with Gasteiger partial charge in [-0.15, -0.1) is 0 Å². The smallest absolute Gasteiger partial charge is 0.148 e. The molecule has 0 unspecified atom stereocenters. The summed E-state index contributed by atoms with van der Waals surface area (Å²) in [6.45, 7) is 12.2. The Morgan fingerprint density at radius 1 is 1.14 bits per heavy atom. The fourth-order valence-corrected chi connectivity index (χ4v) is 2.57. The lowest BCUT2D eigenvalue weighted by molar-refractivity contribution is 0.311. The molecule has 0 saturated carbocycles. The van der Waals surface area contributed by atoms with E-state index in [9.17, 15) is 4.39 Å². The van der Waals surface area contributed by atoms with Crippen molar-refractivity contribution in [3.63, 3.8) is 0 Å². The van der Waals surface area contributed by atoms with Crippen LogP contribution >= 0.6 is 0 Å². The quantitative estimate of drug-likeness (QED) is 0.833. The zero-order valence-electron chi connectivity index (χ0n) is 13.2. The van der Waals surface area contributed by atoms with E-state index in [-0.39, 0.29) is 5.82 Å². The molecule has 2 aliphatic rings. The van der Waals surface area contributed by atoms with Crippen LogP contribution in [0.5, 0.6) is 0 Å². The maximum Gasteiger partial charge on any atom is 0.148 e.